The molecule has 24 heavy (non-hydrogen) atoms. The average molecular weight is 320 g/mol. The number of para-hydroxylation sites is 1. The van der Waals surface area contributed by atoms with Gasteiger partial charge in [-0.15, -0.1) is 0 Å². The van der Waals surface area contributed by atoms with Gasteiger partial charge in [-0.3, -0.25) is 0 Å². The minimum absolute atomic E-state index is 0.273. The summed E-state index contributed by atoms with van der Waals surface area (Å²) in [7, 11) is 1.65. The number of phenols is 1. The Hall–Kier alpha value is -2.98. The highest BCUT2D eigenvalue weighted by Crippen LogP contribution is 2.27. The van der Waals surface area contributed by atoms with Crippen molar-refractivity contribution in [3.05, 3.63) is 78.4 Å². The summed E-state index contributed by atoms with van der Waals surface area (Å²) >= 11 is 0. The normalized spacial score (nSPS) is 10.4. The highest BCUT2D eigenvalue weighted by molar-refractivity contribution is 5.66. The molecule has 0 aliphatic carbocycles. The Bertz CT molecular complexity index is 786. The molecule has 122 valence electrons. The zero-order chi connectivity index (χ0) is 16.8. The Balaban J connectivity index is 1.71. The number of hydrogen-bond donors (Lipinski definition) is 3. The lowest BCUT2D eigenvalue weighted by atomic mass is 10.0. The van der Waals surface area contributed by atoms with Gasteiger partial charge in [0.1, 0.15) is 11.5 Å². The van der Waals surface area contributed by atoms with Crippen molar-refractivity contribution in [3.8, 4) is 22.6 Å². The zero-order valence-corrected chi connectivity index (χ0v) is 13.5. The highest BCUT2D eigenvalue weighted by Gasteiger charge is 2.05. The van der Waals surface area contributed by atoms with E-state index in [1.807, 2.05) is 66.7 Å². The van der Waals surface area contributed by atoms with Gasteiger partial charge in [-0.25, -0.2) is 5.43 Å². The Kier molecular flexibility index (Phi) is 4.99. The van der Waals surface area contributed by atoms with E-state index in [-0.39, 0.29) is 5.75 Å². The number of anilines is 1. The van der Waals surface area contributed by atoms with Crippen LogP contribution in [0.5, 0.6) is 11.5 Å². The van der Waals surface area contributed by atoms with Crippen molar-refractivity contribution in [1.82, 2.24) is 5.43 Å². The molecule has 0 aliphatic heterocycles. The van der Waals surface area contributed by atoms with E-state index in [1.165, 1.54) is 0 Å². The smallest absolute Gasteiger partial charge is 0.120 e. The average Bonchev–Trinajstić information content (AvgIpc) is 2.64. The molecule has 0 atom stereocenters. The zero-order valence-electron chi connectivity index (χ0n) is 13.5. The van der Waals surface area contributed by atoms with Crippen LogP contribution in [0.2, 0.25) is 0 Å². The molecule has 0 saturated carbocycles. The molecule has 0 aliphatic rings. The number of aromatic hydroxyl groups is 1. The molecule has 0 saturated heterocycles. The lowest BCUT2D eigenvalue weighted by Crippen LogP contribution is -2.20. The Morgan fingerprint density at radius 3 is 2.29 bits per heavy atom. The van der Waals surface area contributed by atoms with Crippen LogP contribution in [-0.2, 0) is 6.54 Å². The quantitative estimate of drug-likeness (QED) is 0.596. The highest BCUT2D eigenvalue weighted by atomic mass is 16.5. The first-order valence-electron chi connectivity index (χ1n) is 7.76. The largest absolute Gasteiger partial charge is 0.508 e. The number of hydrazine groups is 1. The maximum Gasteiger partial charge on any atom is 0.120 e. The molecule has 0 amide bonds. The number of phenolic OH excluding ortho intramolecular Hbond substituents is 1. The summed E-state index contributed by atoms with van der Waals surface area (Å²) in [6.45, 7) is 0.505. The van der Waals surface area contributed by atoms with Crippen LogP contribution in [0.3, 0.4) is 0 Å². The molecule has 0 aromatic heterocycles. The summed E-state index contributed by atoms with van der Waals surface area (Å²) in [6.07, 6.45) is 0. The lowest BCUT2D eigenvalue weighted by molar-refractivity contribution is 0.415. The SMILES string of the molecule is COc1ccc(-c2ccc(O)c(CNNc3ccccc3)c2)cc1. The molecule has 0 unspecified atom stereocenters. The molecule has 0 spiro atoms. The van der Waals surface area contributed by atoms with Gasteiger partial charge in [0.15, 0.2) is 0 Å². The summed E-state index contributed by atoms with van der Waals surface area (Å²) in [6, 6.07) is 23.3. The van der Waals surface area contributed by atoms with Crippen LogP contribution in [-0.4, -0.2) is 12.2 Å². The summed E-state index contributed by atoms with van der Waals surface area (Å²) in [4.78, 5) is 0. The summed E-state index contributed by atoms with van der Waals surface area (Å²) in [5, 5.41) is 10.1. The molecule has 0 bridgehead atoms. The second kappa shape index (κ2) is 7.53. The summed E-state index contributed by atoms with van der Waals surface area (Å²) in [5.41, 5.74) is 10.2. The first kappa shape index (κ1) is 15.9. The summed E-state index contributed by atoms with van der Waals surface area (Å²) in [5.74, 6) is 1.10. The third kappa shape index (κ3) is 3.86. The Morgan fingerprint density at radius 1 is 0.875 bits per heavy atom. The van der Waals surface area contributed by atoms with Crippen molar-refractivity contribution in [2.24, 2.45) is 0 Å². The van der Waals surface area contributed by atoms with E-state index >= 15 is 0 Å². The number of ether oxygens (including phenoxy) is 1. The molecule has 0 radical (unpaired) electrons. The van der Waals surface area contributed by atoms with Crippen LogP contribution in [0.4, 0.5) is 5.69 Å². The van der Waals surface area contributed by atoms with Crippen molar-refractivity contribution in [1.29, 1.82) is 0 Å². The van der Waals surface area contributed by atoms with E-state index in [2.05, 4.69) is 10.9 Å². The van der Waals surface area contributed by atoms with Gasteiger partial charge < -0.3 is 15.3 Å². The fourth-order valence-corrected chi connectivity index (χ4v) is 2.45. The maximum atomic E-state index is 10.1. The number of methoxy groups -OCH3 is 1. The third-order valence-electron chi connectivity index (χ3n) is 3.79. The van der Waals surface area contributed by atoms with Crippen LogP contribution in [0, 0.1) is 0 Å². The minimum Gasteiger partial charge on any atom is -0.508 e. The molecule has 3 aromatic rings. The topological polar surface area (TPSA) is 53.5 Å². The monoisotopic (exact) mass is 320 g/mol. The number of rotatable bonds is 6. The minimum atomic E-state index is 0.273. The van der Waals surface area contributed by atoms with E-state index in [0.717, 1.165) is 28.1 Å². The first-order valence-corrected chi connectivity index (χ1v) is 7.76. The van der Waals surface area contributed by atoms with Crippen LogP contribution in [0.25, 0.3) is 11.1 Å². The van der Waals surface area contributed by atoms with Crippen LogP contribution < -0.4 is 15.6 Å². The van der Waals surface area contributed by atoms with E-state index in [1.54, 1.807) is 13.2 Å². The fraction of sp³-hybridized carbons (Fsp3) is 0.100. The second-order valence-corrected chi connectivity index (χ2v) is 5.42. The number of nitrogens with one attached hydrogen (secondary N) is 2. The van der Waals surface area contributed by atoms with Crippen LogP contribution >= 0.6 is 0 Å². The van der Waals surface area contributed by atoms with Crippen molar-refractivity contribution >= 4 is 5.69 Å². The van der Waals surface area contributed by atoms with Gasteiger partial charge in [-0.1, -0.05) is 36.4 Å². The van der Waals surface area contributed by atoms with Crippen molar-refractivity contribution in [3.63, 3.8) is 0 Å². The maximum absolute atomic E-state index is 10.1. The molecule has 3 aromatic carbocycles. The van der Waals surface area contributed by atoms with Gasteiger partial charge in [0.05, 0.1) is 7.11 Å². The second-order valence-electron chi connectivity index (χ2n) is 5.42. The van der Waals surface area contributed by atoms with Gasteiger partial charge in [-0.05, 0) is 47.5 Å². The molecule has 0 heterocycles. The van der Waals surface area contributed by atoms with Crippen molar-refractivity contribution < 1.29 is 9.84 Å². The molecular formula is C20H20N2O2. The van der Waals surface area contributed by atoms with Crippen molar-refractivity contribution in [2.75, 3.05) is 12.5 Å². The van der Waals surface area contributed by atoms with Crippen molar-refractivity contribution in [2.45, 2.75) is 6.54 Å². The van der Waals surface area contributed by atoms with E-state index in [9.17, 15) is 5.11 Å². The standard InChI is InChI=1S/C20H20N2O2/c1-24-19-10-7-15(8-11-19)16-9-12-20(23)17(13-16)14-21-22-18-5-3-2-4-6-18/h2-13,21-23H,14H2,1H3. The van der Waals surface area contributed by atoms with Gasteiger partial charge in [0.25, 0.3) is 0 Å². The Labute approximate surface area is 141 Å². The molecule has 3 N–H and O–H groups in total. The van der Waals surface area contributed by atoms with Crippen LogP contribution in [0.1, 0.15) is 5.56 Å². The summed E-state index contributed by atoms with van der Waals surface area (Å²) < 4.78 is 5.18. The predicted octanol–water partition coefficient (Wildman–Crippen LogP) is 4.18. The fourth-order valence-electron chi connectivity index (χ4n) is 2.45. The molecule has 3 rings (SSSR count). The van der Waals surface area contributed by atoms with Gasteiger partial charge in [0, 0.05) is 17.8 Å². The van der Waals surface area contributed by atoms with E-state index in [4.69, 9.17) is 4.74 Å². The molecule has 0 fully saturated rings. The third-order valence-corrected chi connectivity index (χ3v) is 3.79. The van der Waals surface area contributed by atoms with E-state index in [0.29, 0.717) is 6.54 Å². The van der Waals surface area contributed by atoms with Gasteiger partial charge in [0.2, 0.25) is 0 Å². The lowest BCUT2D eigenvalue weighted by Gasteiger charge is -2.11. The number of benzene rings is 3. The molecule has 4 nitrogen and oxygen atoms in total. The Morgan fingerprint density at radius 2 is 1.58 bits per heavy atom. The van der Waals surface area contributed by atoms with E-state index < -0.39 is 0 Å². The number of hydrogen-bond acceptors (Lipinski definition) is 4. The molecule has 4 heteroatoms. The van der Waals surface area contributed by atoms with Gasteiger partial charge >= 0.3 is 0 Å². The predicted molar refractivity (Wildman–Crippen MR) is 97.0 cm³/mol. The molecular weight excluding hydrogens is 300 g/mol. The van der Waals surface area contributed by atoms with Gasteiger partial charge in [-0.2, -0.15) is 0 Å². The van der Waals surface area contributed by atoms with Crippen LogP contribution in [0.15, 0.2) is 72.8 Å². The first-order chi connectivity index (χ1) is 11.8.